The minimum atomic E-state index is -4.58. The zero-order chi connectivity index (χ0) is 42.5. The summed E-state index contributed by atoms with van der Waals surface area (Å²) in [5.41, 5.74) is 4.52. The molecule has 61 heavy (non-hydrogen) atoms. The number of sulfonamides is 1. The largest absolute Gasteiger partial charge is 0.485 e. The Morgan fingerprint density at radius 3 is 2.57 bits per heavy atom. The van der Waals surface area contributed by atoms with E-state index in [9.17, 15) is 23.3 Å². The molecule has 2 aromatic heterocycles. The van der Waals surface area contributed by atoms with Crippen LogP contribution in [0.5, 0.6) is 17.2 Å². The number of morpholine rings is 1. The highest BCUT2D eigenvalue weighted by Crippen LogP contribution is 2.71. The fourth-order valence-electron chi connectivity index (χ4n) is 9.50. The number of nitro groups is 1. The summed E-state index contributed by atoms with van der Waals surface area (Å²) >= 11 is 6.75. The van der Waals surface area contributed by atoms with Gasteiger partial charge in [0.25, 0.3) is 15.9 Å². The Bertz CT molecular complexity index is 2480. The zero-order valence-electron chi connectivity index (χ0n) is 34.5. The van der Waals surface area contributed by atoms with Gasteiger partial charge in [0.15, 0.2) is 5.75 Å². The van der Waals surface area contributed by atoms with Crippen molar-refractivity contribution in [3.05, 3.63) is 87.7 Å². The van der Waals surface area contributed by atoms with Crippen molar-refractivity contribution in [1.82, 2.24) is 24.5 Å². The maximum atomic E-state index is 13.9. The lowest BCUT2D eigenvalue weighted by Gasteiger charge is -2.43. The van der Waals surface area contributed by atoms with Gasteiger partial charge in [0.1, 0.15) is 23.8 Å². The number of rotatable bonds is 14. The van der Waals surface area contributed by atoms with Crippen molar-refractivity contribution >= 4 is 49.9 Å². The van der Waals surface area contributed by atoms with Crippen LogP contribution in [-0.4, -0.2) is 116 Å². The van der Waals surface area contributed by atoms with Gasteiger partial charge in [-0.1, -0.05) is 25.0 Å². The molecule has 2 aromatic carbocycles. The summed E-state index contributed by atoms with van der Waals surface area (Å²) in [6, 6.07) is 12.0. The molecule has 0 radical (unpaired) electrons. The highest BCUT2D eigenvalue weighted by Gasteiger charge is 2.67. The molecule has 3 atom stereocenters. The Morgan fingerprint density at radius 1 is 1.03 bits per heavy atom. The number of aromatic amines is 1. The van der Waals surface area contributed by atoms with Crippen molar-refractivity contribution in [2.24, 2.45) is 17.3 Å². The third kappa shape index (κ3) is 8.96. The molecule has 1 amide bonds. The number of alkyl halides is 1. The smallest absolute Gasteiger partial charge is 0.312 e. The van der Waals surface area contributed by atoms with Crippen molar-refractivity contribution in [2.45, 2.75) is 55.7 Å². The zero-order valence-corrected chi connectivity index (χ0v) is 36.1. The van der Waals surface area contributed by atoms with Crippen LogP contribution in [-0.2, 0) is 14.8 Å². The third-order valence-electron chi connectivity index (χ3n) is 13.2. The second kappa shape index (κ2) is 16.5. The number of benzene rings is 2. The molecule has 4 aromatic rings. The van der Waals surface area contributed by atoms with Gasteiger partial charge >= 0.3 is 5.69 Å². The third-order valence-corrected chi connectivity index (χ3v) is 15.1. The number of allylic oxidation sites excluding steroid dienone is 1. The lowest BCUT2D eigenvalue weighted by Crippen LogP contribution is -2.47. The molecule has 2 unspecified atom stereocenters. The van der Waals surface area contributed by atoms with Crippen molar-refractivity contribution in [3.63, 3.8) is 0 Å². The molecular formula is C44H52ClN7O8S. The van der Waals surface area contributed by atoms with Crippen LogP contribution in [0.3, 0.4) is 0 Å². The molecule has 0 spiro atoms. The molecule has 5 aliphatic rings. The summed E-state index contributed by atoms with van der Waals surface area (Å²) in [5, 5.41) is 12.8. The maximum absolute atomic E-state index is 13.9. The quantitative estimate of drug-likeness (QED) is 0.0593. The summed E-state index contributed by atoms with van der Waals surface area (Å²) in [5.74, 6) is 0.749. The number of hydrogen-bond donors (Lipinski definition) is 2. The standard InChI is InChI=1S/C44H52ClN7O8S/c1-43(2)9-7-30(35(24-43)36-25-44(45)26-37(36)44)28-50-11-13-51(14-12-50)31-3-5-34(40(22-31)60-32-21-29-8-10-46-41(29)47-27-32)42(53)48-61(56,57)33-4-6-39(38(23-33)52(54)55)59-20-17-49-15-18-58-19-16-49/h3-6,8,10,21-23,27,36-37H,7,9,11-20,24-26,28H2,1-2H3,(H,46,47)(H,48,53)/t36-,37?,44?/m1/s1. The molecule has 4 heterocycles. The summed E-state index contributed by atoms with van der Waals surface area (Å²) < 4.78 is 46.8. The predicted octanol–water partition coefficient (Wildman–Crippen LogP) is 6.74. The normalized spacial score (nSPS) is 24.2. The molecule has 324 valence electrons. The van der Waals surface area contributed by atoms with E-state index < -0.39 is 31.4 Å². The summed E-state index contributed by atoms with van der Waals surface area (Å²) in [6.45, 7) is 12.3. The molecule has 9 rings (SSSR count). The van der Waals surface area contributed by atoms with E-state index in [1.54, 1.807) is 41.6 Å². The first kappa shape index (κ1) is 41.6. The van der Waals surface area contributed by atoms with Crippen molar-refractivity contribution in [2.75, 3.05) is 77.1 Å². The van der Waals surface area contributed by atoms with Crippen LogP contribution in [0, 0.1) is 27.4 Å². The number of hydrogen-bond acceptors (Lipinski definition) is 12. The van der Waals surface area contributed by atoms with Gasteiger partial charge < -0.3 is 24.1 Å². The van der Waals surface area contributed by atoms with E-state index >= 15 is 0 Å². The van der Waals surface area contributed by atoms with E-state index in [-0.39, 0.29) is 28.5 Å². The highest BCUT2D eigenvalue weighted by atomic mass is 35.5. The van der Waals surface area contributed by atoms with Crippen LogP contribution in [0.4, 0.5) is 11.4 Å². The number of ether oxygens (including phenoxy) is 3. The van der Waals surface area contributed by atoms with Gasteiger partial charge in [0, 0.05) is 86.6 Å². The first-order valence-corrected chi connectivity index (χ1v) is 23.0. The first-order valence-electron chi connectivity index (χ1n) is 21.1. The topological polar surface area (TPSA) is 172 Å². The number of piperazine rings is 1. The number of amides is 1. The molecule has 2 N–H and O–H groups in total. The molecule has 17 heteroatoms. The highest BCUT2D eigenvalue weighted by molar-refractivity contribution is 7.90. The molecule has 15 nitrogen and oxygen atoms in total. The van der Waals surface area contributed by atoms with E-state index in [0.29, 0.717) is 48.4 Å². The number of nitrogens with one attached hydrogen (secondary N) is 2. The number of H-pyrrole nitrogens is 1. The van der Waals surface area contributed by atoms with Crippen LogP contribution in [0.15, 0.2) is 77.0 Å². The summed E-state index contributed by atoms with van der Waals surface area (Å²) in [7, 11) is -4.58. The number of carbonyl (C=O) groups excluding carboxylic acids is 1. The molecule has 3 aliphatic carbocycles. The Kier molecular flexibility index (Phi) is 11.3. The second-order valence-electron chi connectivity index (χ2n) is 17.9. The monoisotopic (exact) mass is 873 g/mol. The predicted molar refractivity (Wildman–Crippen MR) is 231 cm³/mol. The molecule has 2 saturated heterocycles. The van der Waals surface area contributed by atoms with E-state index in [2.05, 4.69) is 43.2 Å². The van der Waals surface area contributed by atoms with Gasteiger partial charge in [-0.2, -0.15) is 0 Å². The Morgan fingerprint density at radius 2 is 1.84 bits per heavy atom. The van der Waals surface area contributed by atoms with Crippen molar-refractivity contribution in [3.8, 4) is 17.2 Å². The lowest BCUT2D eigenvalue weighted by molar-refractivity contribution is -0.386. The Labute approximate surface area is 360 Å². The molecule has 2 aliphatic heterocycles. The fraction of sp³-hybridized carbons (Fsp3) is 0.500. The van der Waals surface area contributed by atoms with Gasteiger partial charge in [-0.3, -0.25) is 24.7 Å². The minimum absolute atomic E-state index is 0.0370. The van der Waals surface area contributed by atoms with Crippen LogP contribution >= 0.6 is 11.6 Å². The number of nitrogens with zero attached hydrogens (tertiary/aromatic N) is 5. The summed E-state index contributed by atoms with van der Waals surface area (Å²) in [6.07, 6.45) is 9.05. The number of nitro benzene ring substituents is 1. The number of carbonyl (C=O) groups is 1. The van der Waals surface area contributed by atoms with Crippen LogP contribution in [0.25, 0.3) is 11.0 Å². The number of anilines is 1. The maximum Gasteiger partial charge on any atom is 0.312 e. The van der Waals surface area contributed by atoms with Gasteiger partial charge in [-0.15, -0.1) is 11.6 Å². The molecule has 4 fully saturated rings. The van der Waals surface area contributed by atoms with E-state index in [1.807, 2.05) is 6.07 Å². The van der Waals surface area contributed by atoms with Crippen LogP contribution in [0.1, 0.15) is 56.3 Å². The number of fused-ring (bicyclic) bond motifs is 2. The Balaban J connectivity index is 0.909. The lowest BCUT2D eigenvalue weighted by atomic mass is 9.66. The number of aromatic nitrogens is 2. The number of pyridine rings is 1. The van der Waals surface area contributed by atoms with Gasteiger partial charge in [-0.05, 0) is 85.8 Å². The summed E-state index contributed by atoms with van der Waals surface area (Å²) in [4.78, 5) is 39.2. The van der Waals surface area contributed by atoms with Gasteiger partial charge in [0.2, 0.25) is 0 Å². The van der Waals surface area contributed by atoms with Gasteiger partial charge in [0.05, 0.1) is 34.8 Å². The molecule has 0 bridgehead atoms. The van der Waals surface area contributed by atoms with E-state index in [1.165, 1.54) is 24.8 Å². The fourth-order valence-corrected chi connectivity index (χ4v) is 11.0. The molecule has 2 saturated carbocycles. The van der Waals surface area contributed by atoms with E-state index in [0.717, 1.165) is 88.6 Å². The van der Waals surface area contributed by atoms with Crippen molar-refractivity contribution < 1.29 is 32.3 Å². The van der Waals surface area contributed by atoms with Crippen molar-refractivity contribution in [1.29, 1.82) is 0 Å². The molecular weight excluding hydrogens is 822 g/mol. The number of halogens is 1. The Hall–Kier alpha value is -4.74. The minimum Gasteiger partial charge on any atom is -0.485 e. The van der Waals surface area contributed by atoms with Crippen LogP contribution < -0.4 is 19.1 Å². The van der Waals surface area contributed by atoms with Crippen LogP contribution in [0.2, 0.25) is 0 Å². The average molecular weight is 874 g/mol. The average Bonchev–Trinajstić information content (AvgIpc) is 3.51. The first-order chi connectivity index (χ1) is 29.2. The van der Waals surface area contributed by atoms with E-state index in [4.69, 9.17) is 25.8 Å². The second-order valence-corrected chi connectivity index (χ2v) is 20.3. The van der Waals surface area contributed by atoms with Gasteiger partial charge in [-0.25, -0.2) is 18.1 Å². The SMILES string of the molecule is CC1(C)CCC(CN2CCN(c3ccc(C(=O)NS(=O)(=O)c4ccc(OCCN5CCOCC5)c([N+](=O)[O-])c4)c(Oc4cnc5[nH]ccc5c4)c3)CC2)=C([C@H]2CC3(Cl)CC23)C1.